The second-order valence-corrected chi connectivity index (χ2v) is 6.15. The van der Waals surface area contributed by atoms with Gasteiger partial charge in [-0.15, -0.1) is 0 Å². The fourth-order valence-electron chi connectivity index (χ4n) is 3.24. The highest BCUT2D eigenvalue weighted by Crippen LogP contribution is 2.31. The lowest BCUT2D eigenvalue weighted by atomic mass is 9.79. The van der Waals surface area contributed by atoms with Crippen LogP contribution in [0.1, 0.15) is 51.9 Å². The van der Waals surface area contributed by atoms with Gasteiger partial charge in [0.2, 0.25) is 5.91 Å². The van der Waals surface area contributed by atoms with Crippen LogP contribution in [0.4, 0.5) is 0 Å². The van der Waals surface area contributed by atoms with E-state index in [0.29, 0.717) is 12.5 Å². The first-order valence-electron chi connectivity index (χ1n) is 7.32. The van der Waals surface area contributed by atoms with Crippen molar-refractivity contribution in [3.8, 4) is 0 Å². The van der Waals surface area contributed by atoms with Crippen LogP contribution in [-0.4, -0.2) is 35.7 Å². The van der Waals surface area contributed by atoms with Crippen LogP contribution in [0.2, 0.25) is 0 Å². The average molecular weight is 254 g/mol. The first-order valence-corrected chi connectivity index (χ1v) is 7.32. The van der Waals surface area contributed by atoms with Gasteiger partial charge < -0.3 is 15.7 Å². The van der Waals surface area contributed by atoms with E-state index in [-0.39, 0.29) is 11.9 Å². The second-order valence-electron chi connectivity index (χ2n) is 6.15. The van der Waals surface area contributed by atoms with Crippen molar-refractivity contribution < 1.29 is 9.90 Å². The summed E-state index contributed by atoms with van der Waals surface area (Å²) in [6, 6.07) is -0.0524. The summed E-state index contributed by atoms with van der Waals surface area (Å²) in [7, 11) is 0. The molecule has 104 valence electrons. The van der Waals surface area contributed by atoms with E-state index in [1.807, 2.05) is 0 Å². The van der Waals surface area contributed by atoms with Crippen molar-refractivity contribution in [3.05, 3.63) is 0 Å². The summed E-state index contributed by atoms with van der Waals surface area (Å²) < 4.78 is 0. The molecular formula is C14H26N2O2. The van der Waals surface area contributed by atoms with Gasteiger partial charge in [0.25, 0.3) is 0 Å². The van der Waals surface area contributed by atoms with Crippen LogP contribution in [-0.2, 0) is 4.79 Å². The van der Waals surface area contributed by atoms with Gasteiger partial charge in [0.1, 0.15) is 0 Å². The number of carbonyl (C=O) groups excluding carboxylic acids is 1. The molecule has 4 heteroatoms. The number of amides is 1. The standard InChI is InChI=1S/C14H26N2O2/c1-11-5-4-7-14(18,9-11)10-16-13(17)12-6-2-3-8-15-12/h11-12,15,18H,2-10H2,1H3,(H,16,17). The smallest absolute Gasteiger partial charge is 0.237 e. The third-order valence-electron chi connectivity index (χ3n) is 4.29. The van der Waals surface area contributed by atoms with Crippen molar-refractivity contribution in [2.75, 3.05) is 13.1 Å². The van der Waals surface area contributed by atoms with Crippen molar-refractivity contribution in [1.29, 1.82) is 0 Å². The molecule has 4 nitrogen and oxygen atoms in total. The zero-order valence-electron chi connectivity index (χ0n) is 11.4. The summed E-state index contributed by atoms with van der Waals surface area (Å²) in [4.78, 5) is 12.0. The molecule has 1 heterocycles. The first kappa shape index (κ1) is 13.8. The molecule has 0 aromatic heterocycles. The molecule has 0 spiro atoms. The van der Waals surface area contributed by atoms with Crippen molar-refractivity contribution in [2.45, 2.75) is 63.5 Å². The molecular weight excluding hydrogens is 228 g/mol. The molecule has 1 amide bonds. The zero-order chi connectivity index (χ0) is 13.0. The second kappa shape index (κ2) is 6.02. The summed E-state index contributed by atoms with van der Waals surface area (Å²) >= 11 is 0. The van der Waals surface area contributed by atoms with Crippen LogP contribution in [0.5, 0.6) is 0 Å². The molecule has 1 aliphatic carbocycles. The molecule has 18 heavy (non-hydrogen) atoms. The Morgan fingerprint density at radius 1 is 1.39 bits per heavy atom. The van der Waals surface area contributed by atoms with Crippen molar-refractivity contribution in [3.63, 3.8) is 0 Å². The van der Waals surface area contributed by atoms with Gasteiger partial charge >= 0.3 is 0 Å². The summed E-state index contributed by atoms with van der Waals surface area (Å²) in [5, 5.41) is 16.6. The van der Waals surface area contributed by atoms with Gasteiger partial charge in [-0.3, -0.25) is 4.79 Å². The largest absolute Gasteiger partial charge is 0.388 e. The first-order chi connectivity index (χ1) is 8.59. The van der Waals surface area contributed by atoms with Gasteiger partial charge in [-0.1, -0.05) is 26.2 Å². The monoisotopic (exact) mass is 254 g/mol. The Hall–Kier alpha value is -0.610. The third-order valence-corrected chi connectivity index (χ3v) is 4.29. The molecule has 1 aliphatic heterocycles. The van der Waals surface area contributed by atoms with Crippen molar-refractivity contribution in [2.24, 2.45) is 5.92 Å². The molecule has 0 radical (unpaired) electrons. The van der Waals surface area contributed by atoms with Crippen LogP contribution >= 0.6 is 0 Å². The minimum Gasteiger partial charge on any atom is -0.388 e. The Morgan fingerprint density at radius 2 is 2.22 bits per heavy atom. The number of rotatable bonds is 3. The predicted molar refractivity (Wildman–Crippen MR) is 71.2 cm³/mol. The normalized spacial score (nSPS) is 37.2. The average Bonchev–Trinajstić information content (AvgIpc) is 2.37. The van der Waals surface area contributed by atoms with E-state index < -0.39 is 5.60 Å². The Bertz CT molecular complexity index is 290. The van der Waals surface area contributed by atoms with Gasteiger partial charge in [0.05, 0.1) is 11.6 Å². The molecule has 3 N–H and O–H groups in total. The summed E-state index contributed by atoms with van der Waals surface area (Å²) in [6.45, 7) is 3.52. The number of nitrogens with one attached hydrogen (secondary N) is 2. The molecule has 1 saturated heterocycles. The van der Waals surface area contributed by atoms with Crippen molar-refractivity contribution in [1.82, 2.24) is 10.6 Å². The van der Waals surface area contributed by atoms with E-state index in [1.54, 1.807) is 0 Å². The molecule has 2 rings (SSSR count). The van der Waals surface area contributed by atoms with Crippen LogP contribution in [0.3, 0.4) is 0 Å². The highest BCUT2D eigenvalue weighted by atomic mass is 16.3. The summed E-state index contributed by atoms with van der Waals surface area (Å²) in [5.74, 6) is 0.620. The van der Waals surface area contributed by atoms with E-state index in [4.69, 9.17) is 0 Å². The van der Waals surface area contributed by atoms with Crippen molar-refractivity contribution >= 4 is 5.91 Å². The molecule has 3 unspecified atom stereocenters. The Labute approximate surface area is 110 Å². The van der Waals surface area contributed by atoms with Crippen LogP contribution in [0, 0.1) is 5.92 Å². The van der Waals surface area contributed by atoms with E-state index in [9.17, 15) is 9.90 Å². The maximum Gasteiger partial charge on any atom is 0.237 e. The Balaban J connectivity index is 1.77. The quantitative estimate of drug-likeness (QED) is 0.709. The number of carbonyl (C=O) groups is 1. The molecule has 0 aromatic rings. The van der Waals surface area contributed by atoms with Crippen LogP contribution < -0.4 is 10.6 Å². The summed E-state index contributed by atoms with van der Waals surface area (Å²) in [5.41, 5.74) is -0.679. The van der Waals surface area contributed by atoms with Gasteiger partial charge in [0, 0.05) is 6.54 Å². The molecule has 2 fully saturated rings. The van der Waals surface area contributed by atoms with Gasteiger partial charge in [0.15, 0.2) is 0 Å². The van der Waals surface area contributed by atoms with E-state index >= 15 is 0 Å². The van der Waals surface area contributed by atoms with Crippen LogP contribution in [0.25, 0.3) is 0 Å². The van der Waals surface area contributed by atoms with Gasteiger partial charge in [-0.2, -0.15) is 0 Å². The van der Waals surface area contributed by atoms with E-state index in [0.717, 1.165) is 45.1 Å². The SMILES string of the molecule is CC1CCCC(O)(CNC(=O)C2CCCCN2)C1. The molecule has 0 bridgehead atoms. The predicted octanol–water partition coefficient (Wildman–Crippen LogP) is 1.19. The highest BCUT2D eigenvalue weighted by molar-refractivity contribution is 5.81. The van der Waals surface area contributed by atoms with E-state index in [2.05, 4.69) is 17.6 Å². The Kier molecular flexibility index (Phi) is 4.62. The van der Waals surface area contributed by atoms with E-state index in [1.165, 1.54) is 6.42 Å². The number of hydrogen-bond acceptors (Lipinski definition) is 3. The minimum atomic E-state index is -0.679. The molecule has 3 atom stereocenters. The number of piperidine rings is 1. The number of aliphatic hydroxyl groups is 1. The fourth-order valence-corrected chi connectivity index (χ4v) is 3.24. The van der Waals surface area contributed by atoms with Crippen LogP contribution in [0.15, 0.2) is 0 Å². The maximum atomic E-state index is 12.0. The topological polar surface area (TPSA) is 61.4 Å². The highest BCUT2D eigenvalue weighted by Gasteiger charge is 2.33. The maximum absolute atomic E-state index is 12.0. The molecule has 2 aliphatic rings. The third kappa shape index (κ3) is 3.69. The lowest BCUT2D eigenvalue weighted by Gasteiger charge is -2.36. The lowest BCUT2D eigenvalue weighted by molar-refractivity contribution is -0.125. The van der Waals surface area contributed by atoms with Gasteiger partial charge in [-0.05, 0) is 38.1 Å². The van der Waals surface area contributed by atoms with Gasteiger partial charge in [-0.25, -0.2) is 0 Å². The summed E-state index contributed by atoms with van der Waals surface area (Å²) in [6.07, 6.45) is 7.08. The minimum absolute atomic E-state index is 0.0524. The number of hydrogen-bond donors (Lipinski definition) is 3. The molecule has 0 aromatic carbocycles. The zero-order valence-corrected chi connectivity index (χ0v) is 11.4. The molecule has 1 saturated carbocycles. The lowest BCUT2D eigenvalue weighted by Crippen LogP contribution is -2.52. The Morgan fingerprint density at radius 3 is 2.89 bits per heavy atom. The fraction of sp³-hybridized carbons (Fsp3) is 0.929.